The molecule has 1 saturated heterocycles. The van der Waals surface area contributed by atoms with Gasteiger partial charge in [0.25, 0.3) is 0 Å². The van der Waals surface area contributed by atoms with E-state index in [1.54, 1.807) is 0 Å². The third kappa shape index (κ3) is 4.52. The minimum absolute atomic E-state index is 0. The van der Waals surface area contributed by atoms with Crippen LogP contribution in [0.4, 0.5) is 0 Å². The van der Waals surface area contributed by atoms with E-state index in [-0.39, 0.29) is 30.2 Å². The van der Waals surface area contributed by atoms with Crippen molar-refractivity contribution in [2.24, 2.45) is 0 Å². The van der Waals surface area contributed by atoms with Crippen molar-refractivity contribution in [3.8, 4) is 0 Å². The Morgan fingerprint density at radius 1 is 1.30 bits per heavy atom. The van der Waals surface area contributed by atoms with Gasteiger partial charge in [-0.05, 0) is 37.6 Å². The number of amides is 1. The maximum absolute atomic E-state index is 11.4. The van der Waals surface area contributed by atoms with Gasteiger partial charge < -0.3 is 5.32 Å². The van der Waals surface area contributed by atoms with E-state index >= 15 is 0 Å². The van der Waals surface area contributed by atoms with Crippen LogP contribution in [-0.4, -0.2) is 36.3 Å². The Bertz CT molecular complexity index is 436. The smallest absolute Gasteiger partial charge is 0.234 e. The van der Waals surface area contributed by atoms with E-state index in [0.29, 0.717) is 6.54 Å². The van der Waals surface area contributed by atoms with Crippen molar-refractivity contribution >= 4 is 41.5 Å². The fourth-order valence-corrected chi connectivity index (χ4v) is 2.85. The summed E-state index contributed by atoms with van der Waals surface area (Å²) in [7, 11) is 0. The van der Waals surface area contributed by atoms with Crippen molar-refractivity contribution in [1.29, 1.82) is 0 Å². The number of likely N-dealkylation sites (tertiary alicyclic amines) is 1. The topological polar surface area (TPSA) is 32.3 Å². The molecule has 1 amide bonds. The number of hydrogen-bond donors (Lipinski definition) is 1. The molecule has 0 saturated carbocycles. The van der Waals surface area contributed by atoms with Crippen LogP contribution in [0.2, 0.25) is 5.02 Å². The second-order valence-electron chi connectivity index (χ2n) is 4.72. The van der Waals surface area contributed by atoms with Crippen LogP contribution >= 0.6 is 35.6 Å². The molecule has 1 unspecified atom stereocenters. The maximum Gasteiger partial charge on any atom is 0.234 e. The number of benzene rings is 1. The number of rotatable bonds is 5. The fraction of sp³-hybridized carbons (Fsp3) is 0.500. The summed E-state index contributed by atoms with van der Waals surface area (Å²) in [6, 6.07) is 7.95. The zero-order valence-corrected chi connectivity index (χ0v) is 13.5. The van der Waals surface area contributed by atoms with Crippen LogP contribution in [0.3, 0.4) is 0 Å². The first kappa shape index (κ1) is 17.6. The minimum atomic E-state index is -0.141. The minimum Gasteiger partial charge on any atom is -0.353 e. The predicted molar refractivity (Wildman–Crippen MR) is 86.0 cm³/mol. The van der Waals surface area contributed by atoms with Gasteiger partial charge in [-0.15, -0.1) is 24.0 Å². The fourth-order valence-electron chi connectivity index (χ4n) is 2.49. The second kappa shape index (κ2) is 8.73. The van der Waals surface area contributed by atoms with Gasteiger partial charge in [-0.2, -0.15) is 0 Å². The molecule has 1 heterocycles. The summed E-state index contributed by atoms with van der Waals surface area (Å²) in [4.78, 5) is 13.7. The van der Waals surface area contributed by atoms with Gasteiger partial charge in [0, 0.05) is 11.6 Å². The average molecular weight is 338 g/mol. The molecule has 20 heavy (non-hydrogen) atoms. The molecule has 6 heteroatoms. The molecule has 0 aliphatic carbocycles. The molecule has 1 aliphatic heterocycles. The maximum atomic E-state index is 11.4. The molecular formula is C14H19Cl3N2O. The van der Waals surface area contributed by atoms with Gasteiger partial charge >= 0.3 is 0 Å². The number of carbonyl (C=O) groups excluding carboxylic acids is 1. The summed E-state index contributed by atoms with van der Waals surface area (Å²) in [5, 5.41) is 3.61. The first-order chi connectivity index (χ1) is 9.22. The van der Waals surface area contributed by atoms with Gasteiger partial charge in [0.1, 0.15) is 5.88 Å². The molecule has 1 N–H and O–H groups in total. The highest BCUT2D eigenvalue weighted by molar-refractivity contribution is 6.31. The largest absolute Gasteiger partial charge is 0.353 e. The lowest BCUT2D eigenvalue weighted by Crippen LogP contribution is -2.37. The lowest BCUT2D eigenvalue weighted by molar-refractivity contribution is -0.118. The third-order valence-electron chi connectivity index (χ3n) is 3.46. The van der Waals surface area contributed by atoms with Crippen molar-refractivity contribution in [2.45, 2.75) is 18.9 Å². The normalized spacial score (nSPS) is 16.5. The Balaban J connectivity index is 0.00000200. The van der Waals surface area contributed by atoms with Crippen LogP contribution in [0.5, 0.6) is 0 Å². The molecule has 0 radical (unpaired) electrons. The summed E-state index contributed by atoms with van der Waals surface area (Å²) in [6.07, 6.45) is 2.40. The van der Waals surface area contributed by atoms with Crippen LogP contribution in [0.25, 0.3) is 0 Å². The van der Waals surface area contributed by atoms with Crippen molar-refractivity contribution in [3.05, 3.63) is 34.9 Å². The molecule has 2 rings (SSSR count). The van der Waals surface area contributed by atoms with E-state index in [2.05, 4.69) is 10.2 Å². The number of hydrogen-bond acceptors (Lipinski definition) is 2. The third-order valence-corrected chi connectivity index (χ3v) is 4.05. The monoisotopic (exact) mass is 336 g/mol. The van der Waals surface area contributed by atoms with Crippen LogP contribution in [-0.2, 0) is 4.79 Å². The van der Waals surface area contributed by atoms with Gasteiger partial charge in [0.2, 0.25) is 5.91 Å². The predicted octanol–water partition coefficient (Wildman–Crippen LogP) is 3.25. The molecule has 112 valence electrons. The van der Waals surface area contributed by atoms with E-state index in [4.69, 9.17) is 23.2 Å². The first-order valence-electron chi connectivity index (χ1n) is 6.53. The summed E-state index contributed by atoms with van der Waals surface area (Å²) in [5.74, 6) is -0.146. The van der Waals surface area contributed by atoms with Crippen LogP contribution in [0.15, 0.2) is 24.3 Å². The zero-order chi connectivity index (χ0) is 13.7. The molecule has 1 aromatic rings. The Labute approximate surface area is 136 Å². The molecule has 1 aromatic carbocycles. The molecule has 1 atom stereocenters. The number of nitrogens with one attached hydrogen (secondary N) is 1. The van der Waals surface area contributed by atoms with E-state index in [1.165, 1.54) is 12.8 Å². The molecule has 0 spiro atoms. The summed E-state index contributed by atoms with van der Waals surface area (Å²) in [5.41, 5.74) is 1.07. The van der Waals surface area contributed by atoms with Gasteiger partial charge in [-0.3, -0.25) is 9.69 Å². The Kier molecular flexibility index (Phi) is 7.67. The summed E-state index contributed by atoms with van der Waals surface area (Å²) >= 11 is 11.8. The van der Waals surface area contributed by atoms with E-state index in [1.807, 2.05) is 24.3 Å². The number of nitrogens with zero attached hydrogens (tertiary/aromatic N) is 1. The van der Waals surface area contributed by atoms with Gasteiger partial charge in [-0.1, -0.05) is 29.8 Å². The zero-order valence-electron chi connectivity index (χ0n) is 11.1. The highest BCUT2D eigenvalue weighted by Crippen LogP contribution is 2.29. The van der Waals surface area contributed by atoms with Crippen molar-refractivity contribution < 1.29 is 4.79 Å². The lowest BCUT2D eigenvalue weighted by Gasteiger charge is -2.28. The first-order valence-corrected chi connectivity index (χ1v) is 7.44. The van der Waals surface area contributed by atoms with E-state index in [9.17, 15) is 4.79 Å². The summed E-state index contributed by atoms with van der Waals surface area (Å²) in [6.45, 7) is 2.65. The Morgan fingerprint density at radius 3 is 2.55 bits per heavy atom. The van der Waals surface area contributed by atoms with E-state index in [0.717, 1.165) is 23.7 Å². The van der Waals surface area contributed by atoms with Crippen LogP contribution in [0, 0.1) is 0 Å². The highest BCUT2D eigenvalue weighted by atomic mass is 35.5. The van der Waals surface area contributed by atoms with Crippen LogP contribution in [0.1, 0.15) is 24.4 Å². The molecule has 1 aliphatic rings. The molecule has 3 nitrogen and oxygen atoms in total. The standard InChI is InChI=1S/C14H18Cl2N2O.ClH/c15-9-14(19)17-10-13(18-7-3-4-8-18)11-5-1-2-6-12(11)16;/h1-2,5-6,13H,3-4,7-10H2,(H,17,19);1H. The molecule has 1 fully saturated rings. The molecular weight excluding hydrogens is 319 g/mol. The van der Waals surface area contributed by atoms with E-state index < -0.39 is 0 Å². The van der Waals surface area contributed by atoms with Crippen molar-refractivity contribution in [2.75, 3.05) is 25.5 Å². The second-order valence-corrected chi connectivity index (χ2v) is 5.39. The molecule has 0 aromatic heterocycles. The Hall–Kier alpha value is -0.480. The highest BCUT2D eigenvalue weighted by Gasteiger charge is 2.25. The number of carbonyl (C=O) groups is 1. The van der Waals surface area contributed by atoms with Gasteiger partial charge in [-0.25, -0.2) is 0 Å². The molecule has 0 bridgehead atoms. The van der Waals surface area contributed by atoms with Crippen molar-refractivity contribution in [3.63, 3.8) is 0 Å². The summed E-state index contributed by atoms with van der Waals surface area (Å²) < 4.78 is 0. The average Bonchev–Trinajstić information content (AvgIpc) is 2.94. The Morgan fingerprint density at radius 2 is 1.95 bits per heavy atom. The number of alkyl halides is 1. The van der Waals surface area contributed by atoms with Crippen LogP contribution < -0.4 is 5.32 Å². The lowest BCUT2D eigenvalue weighted by atomic mass is 10.1. The van der Waals surface area contributed by atoms with Gasteiger partial charge in [0.15, 0.2) is 0 Å². The number of halogens is 3. The van der Waals surface area contributed by atoms with Gasteiger partial charge in [0.05, 0.1) is 6.04 Å². The SMILES string of the molecule is Cl.O=C(CCl)NCC(c1ccccc1Cl)N1CCCC1. The van der Waals surface area contributed by atoms with Crippen molar-refractivity contribution in [1.82, 2.24) is 10.2 Å². The quantitative estimate of drug-likeness (QED) is 0.837.